The van der Waals surface area contributed by atoms with Gasteiger partial charge in [0.25, 0.3) is 0 Å². The first-order valence-corrected chi connectivity index (χ1v) is 7.51. The van der Waals surface area contributed by atoms with Crippen molar-refractivity contribution in [1.82, 2.24) is 14.9 Å². The molecule has 118 valence electrons. The van der Waals surface area contributed by atoms with E-state index >= 15 is 0 Å². The number of hydrogen-bond donors (Lipinski definition) is 2. The van der Waals surface area contributed by atoms with Gasteiger partial charge in [0.15, 0.2) is 0 Å². The predicted molar refractivity (Wildman–Crippen MR) is 93.0 cm³/mol. The third-order valence-corrected chi connectivity index (χ3v) is 3.46. The molecule has 0 aliphatic rings. The second-order valence-corrected chi connectivity index (χ2v) is 5.92. The van der Waals surface area contributed by atoms with Gasteiger partial charge in [-0.05, 0) is 46.0 Å². The van der Waals surface area contributed by atoms with E-state index in [0.717, 1.165) is 30.4 Å². The van der Waals surface area contributed by atoms with Gasteiger partial charge >= 0.3 is 0 Å². The molecule has 0 radical (unpaired) electrons. The standard InChI is InChI=1S/C17H25N5/c1-12-8-13(2)17(14(3)9-12)21-16-10-15(19-11-20-16)18-6-7-22(4)5/h8-11H,6-7H2,1-5H3,(H2,18,19,20,21). The van der Waals surface area contributed by atoms with Crippen molar-refractivity contribution in [3.8, 4) is 0 Å². The van der Waals surface area contributed by atoms with Crippen molar-refractivity contribution in [3.63, 3.8) is 0 Å². The molecule has 22 heavy (non-hydrogen) atoms. The van der Waals surface area contributed by atoms with E-state index in [1.54, 1.807) is 6.33 Å². The van der Waals surface area contributed by atoms with E-state index in [1.807, 2.05) is 6.07 Å². The molecule has 5 heteroatoms. The average molecular weight is 299 g/mol. The molecular formula is C17H25N5. The summed E-state index contributed by atoms with van der Waals surface area (Å²) in [5.41, 5.74) is 4.83. The number of aryl methyl sites for hydroxylation is 3. The van der Waals surface area contributed by atoms with Crippen molar-refractivity contribution in [1.29, 1.82) is 0 Å². The van der Waals surface area contributed by atoms with Crippen LogP contribution in [-0.2, 0) is 0 Å². The fraction of sp³-hybridized carbons (Fsp3) is 0.412. The number of nitrogens with zero attached hydrogens (tertiary/aromatic N) is 3. The van der Waals surface area contributed by atoms with E-state index < -0.39 is 0 Å². The van der Waals surface area contributed by atoms with Crippen LogP contribution in [0.3, 0.4) is 0 Å². The molecule has 0 aliphatic heterocycles. The Morgan fingerprint density at radius 1 is 0.955 bits per heavy atom. The second-order valence-electron chi connectivity index (χ2n) is 5.92. The van der Waals surface area contributed by atoms with E-state index in [-0.39, 0.29) is 0 Å². The molecule has 1 aromatic carbocycles. The van der Waals surface area contributed by atoms with Gasteiger partial charge in [0.05, 0.1) is 0 Å². The molecule has 2 aromatic rings. The molecule has 0 bridgehead atoms. The number of rotatable bonds is 6. The molecular weight excluding hydrogens is 274 g/mol. The summed E-state index contributed by atoms with van der Waals surface area (Å²) in [4.78, 5) is 10.7. The van der Waals surface area contributed by atoms with E-state index in [2.05, 4.69) is 72.5 Å². The molecule has 0 aliphatic carbocycles. The molecule has 0 amide bonds. The number of hydrogen-bond acceptors (Lipinski definition) is 5. The molecule has 2 N–H and O–H groups in total. The summed E-state index contributed by atoms with van der Waals surface area (Å²) in [6, 6.07) is 6.29. The van der Waals surface area contributed by atoms with Gasteiger partial charge in [-0.3, -0.25) is 0 Å². The van der Waals surface area contributed by atoms with Crippen LogP contribution in [0.4, 0.5) is 17.3 Å². The lowest BCUT2D eigenvalue weighted by molar-refractivity contribution is 0.425. The van der Waals surface area contributed by atoms with Crippen LogP contribution in [-0.4, -0.2) is 42.1 Å². The summed E-state index contributed by atoms with van der Waals surface area (Å²) in [5.74, 6) is 1.64. The molecule has 5 nitrogen and oxygen atoms in total. The van der Waals surface area contributed by atoms with E-state index in [1.165, 1.54) is 16.7 Å². The first-order chi connectivity index (χ1) is 10.5. The molecule has 1 aromatic heterocycles. The molecule has 0 fully saturated rings. The van der Waals surface area contributed by atoms with E-state index in [9.17, 15) is 0 Å². The largest absolute Gasteiger partial charge is 0.369 e. The maximum absolute atomic E-state index is 4.31. The van der Waals surface area contributed by atoms with Gasteiger partial charge < -0.3 is 15.5 Å². The lowest BCUT2D eigenvalue weighted by Crippen LogP contribution is -2.21. The Morgan fingerprint density at radius 3 is 2.23 bits per heavy atom. The van der Waals surface area contributed by atoms with Crippen molar-refractivity contribution < 1.29 is 0 Å². The van der Waals surface area contributed by atoms with Crippen LogP contribution in [0.5, 0.6) is 0 Å². The highest BCUT2D eigenvalue weighted by Gasteiger charge is 2.06. The Balaban J connectivity index is 2.10. The first-order valence-electron chi connectivity index (χ1n) is 7.51. The van der Waals surface area contributed by atoms with Crippen molar-refractivity contribution in [2.45, 2.75) is 20.8 Å². The van der Waals surface area contributed by atoms with Gasteiger partial charge in [-0.25, -0.2) is 9.97 Å². The highest BCUT2D eigenvalue weighted by Crippen LogP contribution is 2.25. The van der Waals surface area contributed by atoms with Crippen LogP contribution in [0.2, 0.25) is 0 Å². The highest BCUT2D eigenvalue weighted by atomic mass is 15.1. The Bertz CT molecular complexity index is 614. The molecule has 0 atom stereocenters. The summed E-state index contributed by atoms with van der Waals surface area (Å²) >= 11 is 0. The van der Waals surface area contributed by atoms with Crippen LogP contribution in [0.15, 0.2) is 24.5 Å². The number of aromatic nitrogens is 2. The zero-order valence-electron chi connectivity index (χ0n) is 14.1. The number of anilines is 3. The first kappa shape index (κ1) is 16.2. The Kier molecular flexibility index (Phi) is 5.33. The number of nitrogens with one attached hydrogen (secondary N) is 2. The van der Waals surface area contributed by atoms with Crippen LogP contribution >= 0.6 is 0 Å². The molecule has 1 heterocycles. The van der Waals surface area contributed by atoms with Gasteiger partial charge in [-0.1, -0.05) is 17.7 Å². The Hall–Kier alpha value is -2.14. The third kappa shape index (κ3) is 4.43. The molecule has 0 saturated carbocycles. The molecule has 0 spiro atoms. The van der Waals surface area contributed by atoms with E-state index in [4.69, 9.17) is 0 Å². The van der Waals surface area contributed by atoms with Gasteiger partial charge in [-0.15, -0.1) is 0 Å². The highest BCUT2D eigenvalue weighted by molar-refractivity contribution is 5.66. The van der Waals surface area contributed by atoms with Gasteiger partial charge in [0.2, 0.25) is 0 Å². The minimum atomic E-state index is 0.803. The minimum absolute atomic E-state index is 0.803. The van der Waals surface area contributed by atoms with Crippen molar-refractivity contribution >= 4 is 17.3 Å². The molecule has 2 rings (SSSR count). The lowest BCUT2D eigenvalue weighted by atomic mass is 10.1. The van der Waals surface area contributed by atoms with Crippen molar-refractivity contribution in [2.24, 2.45) is 0 Å². The van der Waals surface area contributed by atoms with Crippen molar-refractivity contribution in [3.05, 3.63) is 41.2 Å². The Morgan fingerprint density at radius 2 is 1.59 bits per heavy atom. The molecule has 0 unspecified atom stereocenters. The minimum Gasteiger partial charge on any atom is -0.369 e. The number of benzene rings is 1. The topological polar surface area (TPSA) is 53.1 Å². The fourth-order valence-corrected chi connectivity index (χ4v) is 2.44. The van der Waals surface area contributed by atoms with Crippen molar-refractivity contribution in [2.75, 3.05) is 37.8 Å². The SMILES string of the molecule is Cc1cc(C)c(Nc2cc(NCCN(C)C)ncn2)c(C)c1. The second kappa shape index (κ2) is 7.22. The number of likely N-dealkylation sites (N-methyl/N-ethyl adjacent to an activating group) is 1. The van der Waals surface area contributed by atoms with E-state index in [0.29, 0.717) is 0 Å². The lowest BCUT2D eigenvalue weighted by Gasteiger charge is -2.14. The summed E-state index contributed by atoms with van der Waals surface area (Å²) in [6.07, 6.45) is 1.58. The van der Waals surface area contributed by atoms with Crippen LogP contribution in [0, 0.1) is 20.8 Å². The molecule has 0 saturated heterocycles. The summed E-state index contributed by atoms with van der Waals surface area (Å²) in [5, 5.41) is 6.71. The average Bonchev–Trinajstić information content (AvgIpc) is 2.43. The predicted octanol–water partition coefficient (Wildman–Crippen LogP) is 3.12. The summed E-state index contributed by atoms with van der Waals surface area (Å²) in [7, 11) is 4.11. The maximum Gasteiger partial charge on any atom is 0.135 e. The zero-order chi connectivity index (χ0) is 16.1. The van der Waals surface area contributed by atoms with Gasteiger partial charge in [0, 0.05) is 24.8 Å². The normalized spacial score (nSPS) is 10.8. The zero-order valence-corrected chi connectivity index (χ0v) is 14.1. The van der Waals surface area contributed by atoms with Crippen LogP contribution in [0.25, 0.3) is 0 Å². The van der Waals surface area contributed by atoms with Gasteiger partial charge in [-0.2, -0.15) is 0 Å². The fourth-order valence-electron chi connectivity index (χ4n) is 2.44. The maximum atomic E-state index is 4.31. The monoisotopic (exact) mass is 299 g/mol. The smallest absolute Gasteiger partial charge is 0.135 e. The van der Waals surface area contributed by atoms with Crippen LogP contribution < -0.4 is 10.6 Å². The van der Waals surface area contributed by atoms with Crippen LogP contribution in [0.1, 0.15) is 16.7 Å². The third-order valence-electron chi connectivity index (χ3n) is 3.46. The van der Waals surface area contributed by atoms with Gasteiger partial charge in [0.1, 0.15) is 18.0 Å². The summed E-state index contributed by atoms with van der Waals surface area (Å²) < 4.78 is 0. The quantitative estimate of drug-likeness (QED) is 0.858. The summed E-state index contributed by atoms with van der Waals surface area (Å²) in [6.45, 7) is 8.15. The Labute approximate surface area is 132 Å².